The summed E-state index contributed by atoms with van der Waals surface area (Å²) < 4.78 is 1.07. The molecule has 0 atom stereocenters. The van der Waals surface area contributed by atoms with Gasteiger partial charge in [0.2, 0.25) is 0 Å². The number of pyridine rings is 1. The quantitative estimate of drug-likeness (QED) is 0.365. The Balaban J connectivity index is 1.86. The van der Waals surface area contributed by atoms with Crippen LogP contribution in [-0.4, -0.2) is 17.2 Å². The molecule has 1 aliphatic heterocycles. The molecule has 0 bridgehead atoms. The second-order valence-electron chi connectivity index (χ2n) is 7.19. The standard InChI is InChI=1S/C25H19BrN2/c1-16-7-12-22-21(15-16)20-13-14-27-24(17-5-3-2-4-6-17)23(20)25(28-22)18-8-10-19(26)11-9-18/h2-12,15H,13-14H2,1H3. The van der Waals surface area contributed by atoms with Gasteiger partial charge in [0.15, 0.2) is 0 Å². The van der Waals surface area contributed by atoms with E-state index >= 15 is 0 Å². The SMILES string of the molecule is Cc1ccc2nc(-c3ccc(Br)cc3)c3c(c2c1)CCN=C3c1ccccc1. The molecule has 0 saturated carbocycles. The topological polar surface area (TPSA) is 25.2 Å². The second-order valence-corrected chi connectivity index (χ2v) is 8.10. The molecule has 0 radical (unpaired) electrons. The molecule has 4 aromatic rings. The van der Waals surface area contributed by atoms with Gasteiger partial charge in [-0.05, 0) is 43.2 Å². The first-order chi connectivity index (χ1) is 13.7. The lowest BCUT2D eigenvalue weighted by Gasteiger charge is -2.23. The summed E-state index contributed by atoms with van der Waals surface area (Å²) in [6.07, 6.45) is 0.942. The van der Waals surface area contributed by atoms with E-state index in [1.54, 1.807) is 0 Å². The van der Waals surface area contributed by atoms with Crippen molar-refractivity contribution in [2.75, 3.05) is 6.54 Å². The van der Waals surface area contributed by atoms with Crippen LogP contribution in [0, 0.1) is 6.92 Å². The first-order valence-electron chi connectivity index (χ1n) is 9.50. The zero-order valence-corrected chi connectivity index (χ0v) is 17.2. The minimum absolute atomic E-state index is 0.810. The Morgan fingerprint density at radius 2 is 1.64 bits per heavy atom. The zero-order valence-electron chi connectivity index (χ0n) is 15.6. The maximum atomic E-state index is 5.11. The Labute approximate surface area is 173 Å². The number of hydrogen-bond acceptors (Lipinski definition) is 2. The number of rotatable bonds is 2. The van der Waals surface area contributed by atoms with Crippen molar-refractivity contribution in [2.24, 2.45) is 4.99 Å². The Morgan fingerprint density at radius 3 is 2.43 bits per heavy atom. The van der Waals surface area contributed by atoms with Crippen molar-refractivity contribution < 1.29 is 0 Å². The molecule has 136 valence electrons. The Bertz CT molecular complexity index is 1210. The van der Waals surface area contributed by atoms with Crippen LogP contribution in [0.2, 0.25) is 0 Å². The third-order valence-electron chi connectivity index (χ3n) is 5.28. The molecule has 0 unspecified atom stereocenters. The van der Waals surface area contributed by atoms with Gasteiger partial charge in [0.05, 0.1) is 16.9 Å². The van der Waals surface area contributed by atoms with E-state index in [9.17, 15) is 0 Å². The van der Waals surface area contributed by atoms with Crippen molar-refractivity contribution in [1.29, 1.82) is 0 Å². The first-order valence-corrected chi connectivity index (χ1v) is 10.3. The van der Waals surface area contributed by atoms with E-state index in [2.05, 4.69) is 89.6 Å². The predicted octanol–water partition coefficient (Wildman–Crippen LogP) is 6.37. The lowest BCUT2D eigenvalue weighted by Crippen LogP contribution is -2.17. The maximum Gasteiger partial charge on any atom is 0.0806 e. The number of hydrogen-bond donors (Lipinski definition) is 0. The summed E-state index contributed by atoms with van der Waals surface area (Å²) in [6.45, 7) is 2.95. The van der Waals surface area contributed by atoms with Gasteiger partial charge in [0, 0.05) is 33.1 Å². The normalized spacial score (nSPS) is 13.3. The van der Waals surface area contributed by atoms with Crippen LogP contribution in [0.1, 0.15) is 22.3 Å². The van der Waals surface area contributed by atoms with Crippen LogP contribution in [0.3, 0.4) is 0 Å². The van der Waals surface area contributed by atoms with Crippen LogP contribution in [0.15, 0.2) is 82.3 Å². The minimum atomic E-state index is 0.810. The van der Waals surface area contributed by atoms with Crippen LogP contribution < -0.4 is 0 Å². The van der Waals surface area contributed by atoms with Gasteiger partial charge in [-0.25, -0.2) is 4.98 Å². The van der Waals surface area contributed by atoms with E-state index in [1.165, 1.54) is 22.1 Å². The zero-order chi connectivity index (χ0) is 19.1. The van der Waals surface area contributed by atoms with Gasteiger partial charge in [-0.15, -0.1) is 0 Å². The smallest absolute Gasteiger partial charge is 0.0806 e. The monoisotopic (exact) mass is 426 g/mol. The predicted molar refractivity (Wildman–Crippen MR) is 120 cm³/mol. The van der Waals surface area contributed by atoms with E-state index in [0.717, 1.165) is 45.5 Å². The lowest BCUT2D eigenvalue weighted by atomic mass is 9.87. The largest absolute Gasteiger partial charge is 0.284 e. The van der Waals surface area contributed by atoms with Gasteiger partial charge >= 0.3 is 0 Å². The first kappa shape index (κ1) is 17.3. The van der Waals surface area contributed by atoms with Crippen molar-refractivity contribution in [3.63, 3.8) is 0 Å². The average Bonchev–Trinajstić information content (AvgIpc) is 2.74. The van der Waals surface area contributed by atoms with E-state index in [1.807, 2.05) is 6.07 Å². The highest BCUT2D eigenvalue weighted by molar-refractivity contribution is 9.10. The van der Waals surface area contributed by atoms with Crippen molar-refractivity contribution in [1.82, 2.24) is 4.98 Å². The molecular weight excluding hydrogens is 408 g/mol. The molecule has 1 aromatic heterocycles. The highest BCUT2D eigenvalue weighted by atomic mass is 79.9. The highest BCUT2D eigenvalue weighted by Crippen LogP contribution is 2.35. The summed E-state index contributed by atoms with van der Waals surface area (Å²) in [4.78, 5) is 10.1. The van der Waals surface area contributed by atoms with Gasteiger partial charge in [-0.2, -0.15) is 0 Å². The molecule has 0 saturated heterocycles. The van der Waals surface area contributed by atoms with Gasteiger partial charge in [-0.3, -0.25) is 4.99 Å². The summed E-state index contributed by atoms with van der Waals surface area (Å²) in [5.41, 5.74) is 9.19. The fourth-order valence-corrected chi connectivity index (χ4v) is 4.23. The van der Waals surface area contributed by atoms with Gasteiger partial charge < -0.3 is 0 Å². The summed E-state index contributed by atoms with van der Waals surface area (Å²) in [5.74, 6) is 0. The second kappa shape index (κ2) is 6.99. The third-order valence-corrected chi connectivity index (χ3v) is 5.81. The number of halogens is 1. The molecule has 2 nitrogen and oxygen atoms in total. The molecule has 1 aliphatic rings. The Morgan fingerprint density at radius 1 is 0.857 bits per heavy atom. The number of fused-ring (bicyclic) bond motifs is 3. The molecule has 0 aliphatic carbocycles. The Hall–Kier alpha value is -2.78. The van der Waals surface area contributed by atoms with E-state index in [0.29, 0.717) is 0 Å². The number of aryl methyl sites for hydroxylation is 1. The fraction of sp³-hybridized carbons (Fsp3) is 0.120. The number of nitrogens with zero attached hydrogens (tertiary/aromatic N) is 2. The molecule has 3 heteroatoms. The molecular formula is C25H19BrN2. The Kier molecular flexibility index (Phi) is 4.33. The van der Waals surface area contributed by atoms with Gasteiger partial charge in [-0.1, -0.05) is 70.0 Å². The molecule has 0 fully saturated rings. The summed E-state index contributed by atoms with van der Waals surface area (Å²) in [5, 5.41) is 1.25. The highest BCUT2D eigenvalue weighted by Gasteiger charge is 2.24. The van der Waals surface area contributed by atoms with Crippen molar-refractivity contribution in [3.05, 3.63) is 99.5 Å². The molecule has 0 amide bonds. The number of aliphatic imine (C=N–C) groups is 1. The third kappa shape index (κ3) is 2.96. The average molecular weight is 427 g/mol. The molecule has 2 heterocycles. The number of aromatic nitrogens is 1. The summed E-state index contributed by atoms with van der Waals surface area (Å²) in [6, 6.07) is 25.4. The van der Waals surface area contributed by atoms with Crippen molar-refractivity contribution >= 4 is 32.5 Å². The van der Waals surface area contributed by atoms with Crippen LogP contribution in [0.5, 0.6) is 0 Å². The minimum Gasteiger partial charge on any atom is -0.284 e. The van der Waals surface area contributed by atoms with E-state index in [-0.39, 0.29) is 0 Å². The van der Waals surface area contributed by atoms with Crippen LogP contribution in [0.25, 0.3) is 22.2 Å². The number of benzene rings is 3. The molecule has 28 heavy (non-hydrogen) atoms. The maximum absolute atomic E-state index is 5.11. The van der Waals surface area contributed by atoms with Crippen LogP contribution in [0.4, 0.5) is 0 Å². The lowest BCUT2D eigenvalue weighted by molar-refractivity contribution is 0.950. The fourth-order valence-electron chi connectivity index (χ4n) is 3.96. The van der Waals surface area contributed by atoms with E-state index in [4.69, 9.17) is 9.98 Å². The van der Waals surface area contributed by atoms with Gasteiger partial charge in [0.1, 0.15) is 0 Å². The van der Waals surface area contributed by atoms with Gasteiger partial charge in [0.25, 0.3) is 0 Å². The molecule has 5 rings (SSSR count). The van der Waals surface area contributed by atoms with Crippen molar-refractivity contribution in [2.45, 2.75) is 13.3 Å². The molecule has 0 N–H and O–H groups in total. The summed E-state index contributed by atoms with van der Waals surface area (Å²) in [7, 11) is 0. The van der Waals surface area contributed by atoms with E-state index < -0.39 is 0 Å². The molecule has 0 spiro atoms. The van der Waals surface area contributed by atoms with Crippen LogP contribution >= 0.6 is 15.9 Å². The van der Waals surface area contributed by atoms with Crippen molar-refractivity contribution in [3.8, 4) is 11.3 Å². The molecule has 3 aromatic carbocycles. The van der Waals surface area contributed by atoms with Crippen LogP contribution in [-0.2, 0) is 6.42 Å². The summed E-state index contributed by atoms with van der Waals surface area (Å²) >= 11 is 3.55.